The monoisotopic (exact) mass is 280 g/mol. The summed E-state index contributed by atoms with van der Waals surface area (Å²) in [7, 11) is 0. The second kappa shape index (κ2) is 6.10. The summed E-state index contributed by atoms with van der Waals surface area (Å²) < 4.78 is 0. The molecule has 0 saturated carbocycles. The minimum Gasteiger partial charge on any atom is -0.324 e. The first kappa shape index (κ1) is 13.8. The number of hydrogen-bond donors (Lipinski definition) is 2. The lowest BCUT2D eigenvalue weighted by atomic mass is 9.94. The van der Waals surface area contributed by atoms with Gasteiger partial charge in [0.2, 0.25) is 5.91 Å². The highest BCUT2D eigenvalue weighted by Gasteiger charge is 2.25. The number of benzene rings is 2. The van der Waals surface area contributed by atoms with Crippen LogP contribution in [-0.4, -0.2) is 12.5 Å². The molecule has 0 radical (unpaired) electrons. The Morgan fingerprint density at radius 2 is 1.95 bits per heavy atom. The maximum Gasteiger partial charge on any atom is 0.246 e. The zero-order valence-corrected chi connectivity index (χ0v) is 12.2. The third kappa shape index (κ3) is 2.83. The second-order valence-electron chi connectivity index (χ2n) is 5.34. The topological polar surface area (TPSA) is 41.1 Å². The summed E-state index contributed by atoms with van der Waals surface area (Å²) in [6.45, 7) is 2.93. The van der Waals surface area contributed by atoms with Gasteiger partial charge in [0.25, 0.3) is 0 Å². The molecule has 0 aromatic heterocycles. The third-order valence-electron chi connectivity index (χ3n) is 4.03. The Balaban J connectivity index is 1.84. The van der Waals surface area contributed by atoms with Crippen LogP contribution in [0.25, 0.3) is 0 Å². The lowest BCUT2D eigenvalue weighted by Crippen LogP contribution is -2.38. The van der Waals surface area contributed by atoms with Gasteiger partial charge in [0.15, 0.2) is 0 Å². The van der Waals surface area contributed by atoms with Crippen molar-refractivity contribution in [1.82, 2.24) is 5.32 Å². The van der Waals surface area contributed by atoms with Gasteiger partial charge in [-0.15, -0.1) is 0 Å². The molecule has 0 aliphatic carbocycles. The van der Waals surface area contributed by atoms with Gasteiger partial charge in [-0.05, 0) is 35.6 Å². The lowest BCUT2D eigenvalue weighted by Gasteiger charge is -2.26. The molecule has 3 heteroatoms. The summed E-state index contributed by atoms with van der Waals surface area (Å²) >= 11 is 0. The first-order chi connectivity index (χ1) is 10.3. The number of fused-ring (bicyclic) bond motifs is 1. The number of nitrogens with one attached hydrogen (secondary N) is 2. The van der Waals surface area contributed by atoms with Gasteiger partial charge >= 0.3 is 0 Å². The molecule has 1 aliphatic rings. The van der Waals surface area contributed by atoms with E-state index in [1.807, 2.05) is 36.4 Å². The molecule has 1 unspecified atom stereocenters. The fourth-order valence-electron chi connectivity index (χ4n) is 2.89. The number of anilines is 1. The van der Waals surface area contributed by atoms with Crippen molar-refractivity contribution in [3.8, 4) is 0 Å². The summed E-state index contributed by atoms with van der Waals surface area (Å²) in [5, 5.41) is 6.39. The molecule has 1 atom stereocenters. The molecule has 2 aromatic carbocycles. The molecule has 0 spiro atoms. The second-order valence-corrected chi connectivity index (χ2v) is 5.34. The molecule has 0 fully saturated rings. The summed E-state index contributed by atoms with van der Waals surface area (Å²) in [4.78, 5) is 12.6. The van der Waals surface area contributed by atoms with Crippen LogP contribution in [-0.2, 0) is 17.6 Å². The quantitative estimate of drug-likeness (QED) is 0.907. The maximum atomic E-state index is 12.6. The molecule has 1 heterocycles. The van der Waals surface area contributed by atoms with E-state index in [1.165, 1.54) is 5.56 Å². The van der Waals surface area contributed by atoms with Crippen LogP contribution < -0.4 is 10.6 Å². The molecule has 0 saturated heterocycles. The van der Waals surface area contributed by atoms with E-state index in [9.17, 15) is 4.79 Å². The molecular formula is C18H20N2O. The van der Waals surface area contributed by atoms with Crippen LogP contribution >= 0.6 is 0 Å². The third-order valence-corrected chi connectivity index (χ3v) is 4.03. The van der Waals surface area contributed by atoms with Crippen molar-refractivity contribution < 1.29 is 4.79 Å². The number of aryl methyl sites for hydroxylation is 1. The number of amides is 1. The van der Waals surface area contributed by atoms with E-state index >= 15 is 0 Å². The van der Waals surface area contributed by atoms with Gasteiger partial charge in [0.05, 0.1) is 0 Å². The van der Waals surface area contributed by atoms with E-state index in [-0.39, 0.29) is 11.9 Å². The van der Waals surface area contributed by atoms with Crippen LogP contribution in [0.15, 0.2) is 48.5 Å². The van der Waals surface area contributed by atoms with Gasteiger partial charge in [-0.2, -0.15) is 0 Å². The van der Waals surface area contributed by atoms with Gasteiger partial charge in [-0.25, -0.2) is 0 Å². The normalized spacial score (nSPS) is 17.1. The molecular weight excluding hydrogens is 260 g/mol. The smallest absolute Gasteiger partial charge is 0.246 e. The molecule has 3 rings (SSSR count). The van der Waals surface area contributed by atoms with Crippen LogP contribution in [0.1, 0.15) is 29.7 Å². The van der Waals surface area contributed by atoms with Crippen LogP contribution in [0, 0.1) is 0 Å². The Kier molecular flexibility index (Phi) is 4.02. The van der Waals surface area contributed by atoms with E-state index in [0.717, 1.165) is 36.2 Å². The van der Waals surface area contributed by atoms with E-state index in [0.29, 0.717) is 0 Å². The van der Waals surface area contributed by atoms with Crippen molar-refractivity contribution in [2.24, 2.45) is 0 Å². The average molecular weight is 280 g/mol. The Labute approximate surface area is 125 Å². The predicted molar refractivity (Wildman–Crippen MR) is 85.3 cm³/mol. The molecule has 2 N–H and O–H groups in total. The minimum absolute atomic E-state index is 0.0167. The summed E-state index contributed by atoms with van der Waals surface area (Å²) in [6, 6.07) is 15.9. The SMILES string of the molecule is CCc1ccccc1NC(=O)C1NCCc2ccccc21. The number of hydrogen-bond acceptors (Lipinski definition) is 2. The van der Waals surface area contributed by atoms with Crippen molar-refractivity contribution in [3.63, 3.8) is 0 Å². The van der Waals surface area contributed by atoms with E-state index in [2.05, 4.69) is 29.7 Å². The van der Waals surface area contributed by atoms with E-state index in [1.54, 1.807) is 0 Å². The summed E-state index contributed by atoms with van der Waals surface area (Å²) in [5.74, 6) is 0.0167. The predicted octanol–water partition coefficient (Wildman–Crippen LogP) is 3.07. The molecule has 3 nitrogen and oxygen atoms in total. The number of rotatable bonds is 3. The van der Waals surface area contributed by atoms with Gasteiger partial charge in [0, 0.05) is 12.2 Å². The highest BCUT2D eigenvalue weighted by atomic mass is 16.2. The molecule has 1 aliphatic heterocycles. The molecule has 1 amide bonds. The van der Waals surface area contributed by atoms with Crippen molar-refractivity contribution in [3.05, 3.63) is 65.2 Å². The average Bonchev–Trinajstić information content (AvgIpc) is 2.54. The Morgan fingerprint density at radius 1 is 1.19 bits per heavy atom. The first-order valence-corrected chi connectivity index (χ1v) is 7.49. The number of carbonyl (C=O) groups is 1. The Hall–Kier alpha value is -2.13. The van der Waals surface area contributed by atoms with Crippen LogP contribution in [0.2, 0.25) is 0 Å². The largest absolute Gasteiger partial charge is 0.324 e. The minimum atomic E-state index is -0.264. The summed E-state index contributed by atoms with van der Waals surface area (Å²) in [5.41, 5.74) is 4.43. The van der Waals surface area contributed by atoms with Gasteiger partial charge in [0.1, 0.15) is 6.04 Å². The Morgan fingerprint density at radius 3 is 2.81 bits per heavy atom. The summed E-state index contributed by atoms with van der Waals surface area (Å²) in [6.07, 6.45) is 1.89. The highest BCUT2D eigenvalue weighted by Crippen LogP contribution is 2.25. The van der Waals surface area contributed by atoms with Gasteiger partial charge in [-0.1, -0.05) is 49.4 Å². The van der Waals surface area contributed by atoms with Crippen molar-refractivity contribution in [2.75, 3.05) is 11.9 Å². The first-order valence-electron chi connectivity index (χ1n) is 7.49. The van der Waals surface area contributed by atoms with Crippen LogP contribution in [0.5, 0.6) is 0 Å². The lowest BCUT2D eigenvalue weighted by molar-refractivity contribution is -0.118. The zero-order chi connectivity index (χ0) is 14.7. The highest BCUT2D eigenvalue weighted by molar-refractivity contribution is 5.96. The van der Waals surface area contributed by atoms with Crippen LogP contribution in [0.3, 0.4) is 0 Å². The van der Waals surface area contributed by atoms with Crippen molar-refractivity contribution in [2.45, 2.75) is 25.8 Å². The Bertz CT molecular complexity index is 651. The molecule has 108 valence electrons. The number of para-hydroxylation sites is 1. The fraction of sp³-hybridized carbons (Fsp3) is 0.278. The van der Waals surface area contributed by atoms with E-state index < -0.39 is 0 Å². The van der Waals surface area contributed by atoms with Gasteiger partial charge < -0.3 is 10.6 Å². The number of carbonyl (C=O) groups excluding carboxylic acids is 1. The van der Waals surface area contributed by atoms with Gasteiger partial charge in [-0.3, -0.25) is 4.79 Å². The fourth-order valence-corrected chi connectivity index (χ4v) is 2.89. The van der Waals surface area contributed by atoms with Crippen molar-refractivity contribution >= 4 is 11.6 Å². The maximum absolute atomic E-state index is 12.6. The standard InChI is InChI=1S/C18H20N2O/c1-2-13-7-4-6-10-16(13)20-18(21)17-15-9-5-3-8-14(15)11-12-19-17/h3-10,17,19H,2,11-12H2,1H3,(H,20,21). The van der Waals surface area contributed by atoms with E-state index in [4.69, 9.17) is 0 Å². The van der Waals surface area contributed by atoms with Crippen LogP contribution in [0.4, 0.5) is 5.69 Å². The molecule has 0 bridgehead atoms. The zero-order valence-electron chi connectivity index (χ0n) is 12.2. The van der Waals surface area contributed by atoms with Crippen molar-refractivity contribution in [1.29, 1.82) is 0 Å². The molecule has 21 heavy (non-hydrogen) atoms. The molecule has 2 aromatic rings.